The normalized spacial score (nSPS) is 16.8. The van der Waals surface area contributed by atoms with E-state index in [2.05, 4.69) is 10.3 Å². The number of thioether (sulfide) groups is 1. The van der Waals surface area contributed by atoms with E-state index in [-0.39, 0.29) is 5.91 Å². The van der Waals surface area contributed by atoms with Crippen LogP contribution in [0.25, 0.3) is 6.08 Å². The molecule has 0 unspecified atom stereocenters. The Kier molecular flexibility index (Phi) is 5.63. The van der Waals surface area contributed by atoms with Crippen molar-refractivity contribution in [2.45, 2.75) is 13.8 Å². The van der Waals surface area contributed by atoms with Crippen LogP contribution in [0.15, 0.2) is 52.4 Å². The first kappa shape index (κ1) is 18.1. The van der Waals surface area contributed by atoms with E-state index in [1.807, 2.05) is 56.3 Å². The lowest BCUT2D eigenvalue weighted by Crippen LogP contribution is -2.19. The third-order valence-electron chi connectivity index (χ3n) is 3.68. The largest absolute Gasteiger partial charge is 0.492 e. The number of nitrogens with zero attached hydrogens (tertiary/aromatic N) is 1. The van der Waals surface area contributed by atoms with Gasteiger partial charge in [0.25, 0.3) is 5.91 Å². The summed E-state index contributed by atoms with van der Waals surface area (Å²) in [6.45, 7) is 4.46. The average molecular weight is 368 g/mol. The number of rotatable bonds is 5. The zero-order chi connectivity index (χ0) is 18.5. The van der Waals surface area contributed by atoms with Gasteiger partial charge in [0.15, 0.2) is 16.7 Å². The molecule has 6 heteroatoms. The molecule has 0 aliphatic carbocycles. The van der Waals surface area contributed by atoms with Crippen molar-refractivity contribution >= 4 is 34.6 Å². The van der Waals surface area contributed by atoms with E-state index in [4.69, 9.17) is 9.47 Å². The second-order valence-corrected chi connectivity index (χ2v) is 6.66. The third kappa shape index (κ3) is 4.08. The Labute approximate surface area is 157 Å². The smallest absolute Gasteiger partial charge is 0.264 e. The van der Waals surface area contributed by atoms with Crippen LogP contribution >= 0.6 is 11.8 Å². The van der Waals surface area contributed by atoms with Crippen LogP contribution in [0.2, 0.25) is 0 Å². The fourth-order valence-electron chi connectivity index (χ4n) is 2.57. The van der Waals surface area contributed by atoms with Crippen molar-refractivity contribution < 1.29 is 14.3 Å². The van der Waals surface area contributed by atoms with Gasteiger partial charge in [-0.3, -0.25) is 4.79 Å². The maximum atomic E-state index is 12.3. The van der Waals surface area contributed by atoms with E-state index in [9.17, 15) is 4.79 Å². The molecule has 0 bridgehead atoms. The number of carbonyl (C=O) groups is 1. The van der Waals surface area contributed by atoms with E-state index in [0.29, 0.717) is 28.2 Å². The molecule has 5 nitrogen and oxygen atoms in total. The highest BCUT2D eigenvalue weighted by molar-refractivity contribution is 8.18. The molecule has 2 aromatic rings. The fraction of sp³-hybridized carbons (Fsp3) is 0.200. The highest BCUT2D eigenvalue weighted by Crippen LogP contribution is 2.35. The summed E-state index contributed by atoms with van der Waals surface area (Å²) in [5.74, 6) is 1.09. The van der Waals surface area contributed by atoms with Gasteiger partial charge in [-0.05, 0) is 55.4 Å². The maximum absolute atomic E-state index is 12.3. The quantitative estimate of drug-likeness (QED) is 0.800. The Morgan fingerprint density at radius 1 is 1.23 bits per heavy atom. The first-order chi connectivity index (χ1) is 12.6. The third-order valence-corrected chi connectivity index (χ3v) is 4.59. The Morgan fingerprint density at radius 3 is 2.77 bits per heavy atom. The van der Waals surface area contributed by atoms with Gasteiger partial charge < -0.3 is 14.8 Å². The number of methoxy groups -OCH3 is 1. The molecule has 26 heavy (non-hydrogen) atoms. The van der Waals surface area contributed by atoms with Crippen LogP contribution in [0.5, 0.6) is 11.5 Å². The highest BCUT2D eigenvalue weighted by Gasteiger charge is 2.24. The number of ether oxygens (including phenoxy) is 2. The molecule has 1 fully saturated rings. The van der Waals surface area contributed by atoms with Crippen LogP contribution < -0.4 is 14.8 Å². The summed E-state index contributed by atoms with van der Waals surface area (Å²) >= 11 is 1.31. The molecule has 134 valence electrons. The molecule has 0 radical (unpaired) electrons. The van der Waals surface area contributed by atoms with Crippen molar-refractivity contribution in [3.8, 4) is 11.5 Å². The summed E-state index contributed by atoms with van der Waals surface area (Å²) in [5, 5.41) is 3.36. The number of amides is 1. The second-order valence-electron chi connectivity index (χ2n) is 5.63. The van der Waals surface area contributed by atoms with Gasteiger partial charge in [0.05, 0.1) is 24.3 Å². The van der Waals surface area contributed by atoms with Crippen molar-refractivity contribution in [3.63, 3.8) is 0 Å². The number of benzene rings is 2. The second kappa shape index (κ2) is 8.10. The summed E-state index contributed by atoms with van der Waals surface area (Å²) in [6.07, 6.45) is 1.79. The predicted molar refractivity (Wildman–Crippen MR) is 106 cm³/mol. The van der Waals surface area contributed by atoms with E-state index in [1.54, 1.807) is 13.2 Å². The van der Waals surface area contributed by atoms with Gasteiger partial charge >= 0.3 is 0 Å². The molecule has 0 spiro atoms. The van der Waals surface area contributed by atoms with Crippen molar-refractivity contribution in [2.75, 3.05) is 13.7 Å². The van der Waals surface area contributed by atoms with E-state index < -0.39 is 0 Å². The molecule has 2 aromatic carbocycles. The standard InChI is InChI=1S/C20H20N2O3S/c1-4-25-16-10-6-8-14(18(16)24-3)12-17-19(23)22-20(26-17)21-15-9-5-7-13(2)11-15/h5-12H,4H2,1-3H3,(H,21,22,23). The van der Waals surface area contributed by atoms with Crippen LogP contribution in [0.3, 0.4) is 0 Å². The van der Waals surface area contributed by atoms with Crippen LogP contribution in [0, 0.1) is 6.92 Å². The van der Waals surface area contributed by atoms with Gasteiger partial charge in [-0.25, -0.2) is 4.99 Å². The van der Waals surface area contributed by atoms with Gasteiger partial charge in [0.2, 0.25) is 0 Å². The topological polar surface area (TPSA) is 59.9 Å². The van der Waals surface area contributed by atoms with Crippen LogP contribution in [-0.4, -0.2) is 24.8 Å². The highest BCUT2D eigenvalue weighted by atomic mass is 32.2. The Balaban J connectivity index is 1.89. The summed E-state index contributed by atoms with van der Waals surface area (Å²) in [5.41, 5.74) is 2.72. The Morgan fingerprint density at radius 2 is 2.04 bits per heavy atom. The number of hydrogen-bond acceptors (Lipinski definition) is 5. The van der Waals surface area contributed by atoms with E-state index in [1.165, 1.54) is 11.8 Å². The van der Waals surface area contributed by atoms with Gasteiger partial charge in [-0.15, -0.1) is 0 Å². The van der Waals surface area contributed by atoms with Crippen molar-refractivity contribution in [1.82, 2.24) is 5.32 Å². The Hall–Kier alpha value is -2.73. The average Bonchev–Trinajstić information content (AvgIpc) is 2.94. The summed E-state index contributed by atoms with van der Waals surface area (Å²) in [6, 6.07) is 13.4. The summed E-state index contributed by atoms with van der Waals surface area (Å²) < 4.78 is 11.1. The van der Waals surface area contributed by atoms with Crippen molar-refractivity contribution in [1.29, 1.82) is 0 Å². The number of aliphatic imine (C=N–C) groups is 1. The van der Waals surface area contributed by atoms with E-state index >= 15 is 0 Å². The lowest BCUT2D eigenvalue weighted by molar-refractivity contribution is -0.115. The Bertz CT molecular complexity index is 890. The minimum atomic E-state index is -0.176. The number of nitrogens with one attached hydrogen (secondary N) is 1. The van der Waals surface area contributed by atoms with E-state index in [0.717, 1.165) is 16.8 Å². The van der Waals surface area contributed by atoms with Crippen molar-refractivity contribution in [3.05, 3.63) is 58.5 Å². The molecule has 1 N–H and O–H groups in total. The number of amidine groups is 1. The molecule has 3 rings (SSSR count). The first-order valence-corrected chi connectivity index (χ1v) is 9.08. The minimum Gasteiger partial charge on any atom is -0.492 e. The zero-order valence-corrected chi connectivity index (χ0v) is 15.7. The molecule has 1 amide bonds. The molecular weight excluding hydrogens is 348 g/mol. The number of para-hydroxylation sites is 1. The lowest BCUT2D eigenvalue weighted by atomic mass is 10.1. The lowest BCUT2D eigenvalue weighted by Gasteiger charge is -2.11. The van der Waals surface area contributed by atoms with Gasteiger partial charge in [0, 0.05) is 5.56 Å². The first-order valence-electron chi connectivity index (χ1n) is 8.26. The monoisotopic (exact) mass is 368 g/mol. The molecule has 1 heterocycles. The van der Waals surface area contributed by atoms with Gasteiger partial charge in [-0.1, -0.05) is 24.3 Å². The molecule has 1 aliphatic heterocycles. The molecular formula is C20H20N2O3S. The SMILES string of the molecule is CCOc1cccc(C=C2SC(=Nc3cccc(C)c3)NC2=O)c1OC. The molecule has 0 aromatic heterocycles. The zero-order valence-electron chi connectivity index (χ0n) is 14.9. The number of aryl methyl sites for hydroxylation is 1. The van der Waals surface area contributed by atoms with Crippen LogP contribution in [-0.2, 0) is 4.79 Å². The fourth-order valence-corrected chi connectivity index (χ4v) is 3.40. The number of carbonyl (C=O) groups excluding carboxylic acids is 1. The van der Waals surface area contributed by atoms with Crippen LogP contribution in [0.1, 0.15) is 18.1 Å². The minimum absolute atomic E-state index is 0.176. The summed E-state index contributed by atoms with van der Waals surface area (Å²) in [7, 11) is 1.59. The van der Waals surface area contributed by atoms with Gasteiger partial charge in [0.1, 0.15) is 0 Å². The van der Waals surface area contributed by atoms with Gasteiger partial charge in [-0.2, -0.15) is 0 Å². The predicted octanol–water partition coefficient (Wildman–Crippen LogP) is 4.29. The van der Waals surface area contributed by atoms with Crippen LogP contribution in [0.4, 0.5) is 5.69 Å². The molecule has 1 aliphatic rings. The van der Waals surface area contributed by atoms with Crippen molar-refractivity contribution in [2.24, 2.45) is 4.99 Å². The molecule has 1 saturated heterocycles. The maximum Gasteiger partial charge on any atom is 0.264 e. The molecule has 0 saturated carbocycles. The number of hydrogen-bond donors (Lipinski definition) is 1. The summed E-state index contributed by atoms with van der Waals surface area (Å²) in [4.78, 5) is 17.4. The molecule has 0 atom stereocenters.